The maximum Gasteiger partial charge on any atom is 0.266 e. The van der Waals surface area contributed by atoms with Crippen molar-refractivity contribution in [1.82, 2.24) is 10.4 Å². The third-order valence-electron chi connectivity index (χ3n) is 3.11. The van der Waals surface area contributed by atoms with Gasteiger partial charge in [0.05, 0.1) is 12.1 Å². The first-order chi connectivity index (χ1) is 9.31. The summed E-state index contributed by atoms with van der Waals surface area (Å²) in [6.07, 6.45) is 3.51. The van der Waals surface area contributed by atoms with Gasteiger partial charge in [0.15, 0.2) is 0 Å². The van der Waals surface area contributed by atoms with Crippen molar-refractivity contribution in [3.8, 4) is 11.8 Å². The minimum absolute atomic E-state index is 0.0937. The van der Waals surface area contributed by atoms with Gasteiger partial charge in [0.25, 0.3) is 5.91 Å². The van der Waals surface area contributed by atoms with Crippen molar-refractivity contribution in [2.24, 2.45) is 5.73 Å². The molecule has 0 atom stereocenters. The smallest absolute Gasteiger partial charge is 0.266 e. The Labute approximate surface area is 113 Å². The van der Waals surface area contributed by atoms with E-state index in [2.05, 4.69) is 17.3 Å². The Hall–Kier alpha value is -1.83. The summed E-state index contributed by atoms with van der Waals surface area (Å²) in [5.41, 5.74) is 9.65. The monoisotopic (exact) mass is 257 g/mol. The van der Waals surface area contributed by atoms with Crippen LogP contribution in [0.1, 0.15) is 35.2 Å². The predicted octanol–water partition coefficient (Wildman–Crippen LogP) is 1.13. The minimum Gasteiger partial charge on any atom is -0.320 e. The Morgan fingerprint density at radius 1 is 1.26 bits per heavy atom. The van der Waals surface area contributed by atoms with Gasteiger partial charge in [-0.1, -0.05) is 30.4 Å². The van der Waals surface area contributed by atoms with Crippen LogP contribution in [0, 0.1) is 11.8 Å². The molecule has 1 saturated heterocycles. The van der Waals surface area contributed by atoms with Crippen LogP contribution in [0.15, 0.2) is 24.3 Å². The predicted molar refractivity (Wildman–Crippen MR) is 75.3 cm³/mol. The molecule has 0 spiro atoms. The molecule has 3 N–H and O–H groups in total. The molecule has 2 rings (SSSR count). The first-order valence-electron chi connectivity index (χ1n) is 6.65. The van der Waals surface area contributed by atoms with Crippen molar-refractivity contribution in [2.45, 2.75) is 19.3 Å². The van der Waals surface area contributed by atoms with Gasteiger partial charge >= 0.3 is 0 Å². The molecule has 100 valence electrons. The fourth-order valence-electron chi connectivity index (χ4n) is 2.15. The van der Waals surface area contributed by atoms with Crippen LogP contribution in [0.5, 0.6) is 0 Å². The molecule has 0 aliphatic carbocycles. The summed E-state index contributed by atoms with van der Waals surface area (Å²) in [6.45, 7) is 2.13. The fraction of sp³-hybridized carbons (Fsp3) is 0.400. The van der Waals surface area contributed by atoms with E-state index in [0.29, 0.717) is 12.1 Å². The van der Waals surface area contributed by atoms with E-state index in [-0.39, 0.29) is 5.91 Å². The highest BCUT2D eigenvalue weighted by Gasteiger charge is 2.15. The van der Waals surface area contributed by atoms with E-state index in [0.717, 1.165) is 31.5 Å². The van der Waals surface area contributed by atoms with Gasteiger partial charge < -0.3 is 5.73 Å². The van der Waals surface area contributed by atoms with E-state index in [4.69, 9.17) is 5.73 Å². The largest absolute Gasteiger partial charge is 0.320 e. The average molecular weight is 257 g/mol. The molecule has 1 fully saturated rings. The molecule has 4 heteroatoms. The lowest BCUT2D eigenvalue weighted by Gasteiger charge is -2.26. The van der Waals surface area contributed by atoms with Gasteiger partial charge in [0.1, 0.15) is 0 Å². The van der Waals surface area contributed by atoms with Crippen LogP contribution in [-0.2, 0) is 0 Å². The van der Waals surface area contributed by atoms with Crippen molar-refractivity contribution in [3.05, 3.63) is 35.4 Å². The lowest BCUT2D eigenvalue weighted by molar-refractivity contribution is 0.0750. The molecule has 4 nitrogen and oxygen atoms in total. The number of carbonyl (C=O) groups is 1. The van der Waals surface area contributed by atoms with Crippen molar-refractivity contribution in [1.29, 1.82) is 0 Å². The van der Waals surface area contributed by atoms with E-state index in [1.165, 1.54) is 6.42 Å². The standard InChI is InChI=1S/C15H19N3O/c16-10-6-8-13-7-2-3-9-14(13)15(19)17-18-11-4-1-5-12-18/h2-3,7,9H,1,4-5,10-12,16H2,(H,17,19). The number of hydrazine groups is 1. The molecule has 1 heterocycles. The molecule has 0 aromatic heterocycles. The molecule has 1 aliphatic heterocycles. The first-order valence-corrected chi connectivity index (χ1v) is 6.65. The number of rotatable bonds is 2. The molecular weight excluding hydrogens is 238 g/mol. The van der Waals surface area contributed by atoms with Gasteiger partial charge in [-0.3, -0.25) is 10.2 Å². The van der Waals surface area contributed by atoms with Gasteiger partial charge in [-0.05, 0) is 25.0 Å². The number of nitrogens with one attached hydrogen (secondary N) is 1. The highest BCUT2D eigenvalue weighted by Crippen LogP contribution is 2.10. The number of hydrogen-bond acceptors (Lipinski definition) is 3. The van der Waals surface area contributed by atoms with Gasteiger partial charge in [-0.2, -0.15) is 0 Å². The molecular formula is C15H19N3O. The number of hydrogen-bond donors (Lipinski definition) is 2. The lowest BCUT2D eigenvalue weighted by Crippen LogP contribution is -2.45. The summed E-state index contributed by atoms with van der Waals surface area (Å²) in [7, 11) is 0. The summed E-state index contributed by atoms with van der Waals surface area (Å²) in [5, 5.41) is 1.99. The SMILES string of the molecule is NCC#Cc1ccccc1C(=O)NN1CCCCC1. The van der Waals surface area contributed by atoms with Crippen LogP contribution < -0.4 is 11.2 Å². The third-order valence-corrected chi connectivity index (χ3v) is 3.11. The highest BCUT2D eigenvalue weighted by atomic mass is 16.2. The second-order valence-electron chi connectivity index (χ2n) is 4.54. The summed E-state index contributed by atoms with van der Waals surface area (Å²) in [4.78, 5) is 12.2. The molecule has 1 aromatic rings. The molecule has 0 unspecified atom stereocenters. The number of nitrogens with zero attached hydrogens (tertiary/aromatic N) is 1. The minimum atomic E-state index is -0.0937. The van der Waals surface area contributed by atoms with Gasteiger partial charge in [-0.25, -0.2) is 5.01 Å². The van der Waals surface area contributed by atoms with Gasteiger partial charge in [0.2, 0.25) is 0 Å². The summed E-state index contributed by atoms with van der Waals surface area (Å²) in [6, 6.07) is 7.35. The molecule has 1 aliphatic rings. The molecule has 19 heavy (non-hydrogen) atoms. The van der Waals surface area contributed by atoms with Crippen LogP contribution in [-0.4, -0.2) is 30.6 Å². The number of nitrogens with two attached hydrogens (primary N) is 1. The maximum atomic E-state index is 12.2. The molecule has 1 aromatic carbocycles. The van der Waals surface area contributed by atoms with Gasteiger partial charge in [-0.15, -0.1) is 0 Å². The van der Waals surface area contributed by atoms with Crippen LogP contribution in [0.25, 0.3) is 0 Å². The summed E-state index contributed by atoms with van der Waals surface area (Å²) < 4.78 is 0. The van der Waals surface area contributed by atoms with E-state index in [1.807, 2.05) is 23.2 Å². The first kappa shape index (κ1) is 13.6. The molecule has 1 amide bonds. The average Bonchev–Trinajstić information content (AvgIpc) is 2.46. The Morgan fingerprint density at radius 3 is 2.74 bits per heavy atom. The topological polar surface area (TPSA) is 58.4 Å². The van der Waals surface area contributed by atoms with E-state index in [1.54, 1.807) is 6.07 Å². The maximum absolute atomic E-state index is 12.2. The summed E-state index contributed by atoms with van der Waals surface area (Å²) in [5.74, 6) is 5.63. The van der Waals surface area contributed by atoms with Crippen molar-refractivity contribution < 1.29 is 4.79 Å². The van der Waals surface area contributed by atoms with Crippen molar-refractivity contribution in [3.63, 3.8) is 0 Å². The van der Waals surface area contributed by atoms with Crippen LogP contribution in [0.4, 0.5) is 0 Å². The fourth-order valence-corrected chi connectivity index (χ4v) is 2.15. The number of amides is 1. The number of carbonyl (C=O) groups excluding carboxylic acids is 1. The summed E-state index contributed by atoms with van der Waals surface area (Å²) >= 11 is 0. The quantitative estimate of drug-likeness (QED) is 0.781. The zero-order valence-corrected chi connectivity index (χ0v) is 11.0. The second kappa shape index (κ2) is 6.93. The van der Waals surface area contributed by atoms with E-state index >= 15 is 0 Å². The van der Waals surface area contributed by atoms with E-state index < -0.39 is 0 Å². The normalized spacial score (nSPS) is 15.4. The van der Waals surface area contributed by atoms with Crippen LogP contribution >= 0.6 is 0 Å². The third kappa shape index (κ3) is 3.82. The molecule has 0 bridgehead atoms. The highest BCUT2D eigenvalue weighted by molar-refractivity contribution is 5.96. The van der Waals surface area contributed by atoms with Gasteiger partial charge in [0, 0.05) is 18.7 Å². The molecule has 0 radical (unpaired) electrons. The van der Waals surface area contributed by atoms with Crippen LogP contribution in [0.2, 0.25) is 0 Å². The Bertz CT molecular complexity index is 496. The zero-order chi connectivity index (χ0) is 13.5. The second-order valence-corrected chi connectivity index (χ2v) is 4.54. The Morgan fingerprint density at radius 2 is 2.00 bits per heavy atom. The van der Waals surface area contributed by atoms with Crippen molar-refractivity contribution >= 4 is 5.91 Å². The Balaban J connectivity index is 2.09. The lowest BCUT2D eigenvalue weighted by atomic mass is 10.1. The Kier molecular flexibility index (Phi) is 4.96. The number of benzene rings is 1. The van der Waals surface area contributed by atoms with E-state index in [9.17, 15) is 4.79 Å². The van der Waals surface area contributed by atoms with Crippen LogP contribution in [0.3, 0.4) is 0 Å². The number of piperidine rings is 1. The zero-order valence-electron chi connectivity index (χ0n) is 11.0. The van der Waals surface area contributed by atoms with Crippen molar-refractivity contribution in [2.75, 3.05) is 19.6 Å². The molecule has 0 saturated carbocycles.